The molecular weight excluding hydrogens is 376 g/mol. The molecule has 3 saturated heterocycles. The molecule has 8 heteroatoms. The quantitative estimate of drug-likeness (QED) is 0.844. The minimum absolute atomic E-state index is 0.239. The Morgan fingerprint density at radius 3 is 2.82 bits per heavy atom. The maximum absolute atomic E-state index is 6.22. The van der Waals surface area contributed by atoms with Crippen molar-refractivity contribution in [1.82, 2.24) is 15.0 Å². The summed E-state index contributed by atoms with van der Waals surface area (Å²) in [5, 5.41) is 0.445. The SMILES string of the molecule is CC[C@H]1CN(c2cc(-c3cnc(N)c(Cl)c3)nc(N3CC4CC3C4)n2)CCO1. The van der Waals surface area contributed by atoms with Crippen LogP contribution in [0.1, 0.15) is 26.2 Å². The Labute approximate surface area is 169 Å². The van der Waals surface area contributed by atoms with Gasteiger partial charge in [0.1, 0.15) is 11.6 Å². The van der Waals surface area contributed by atoms with E-state index in [2.05, 4.69) is 21.7 Å². The number of anilines is 3. The summed E-state index contributed by atoms with van der Waals surface area (Å²) >= 11 is 6.22. The average Bonchev–Trinajstić information content (AvgIpc) is 3.31. The van der Waals surface area contributed by atoms with E-state index < -0.39 is 0 Å². The number of hydrogen-bond donors (Lipinski definition) is 1. The molecule has 0 radical (unpaired) electrons. The maximum atomic E-state index is 6.22. The molecule has 2 aromatic heterocycles. The van der Waals surface area contributed by atoms with E-state index in [1.165, 1.54) is 12.8 Å². The van der Waals surface area contributed by atoms with Gasteiger partial charge in [-0.05, 0) is 31.2 Å². The second-order valence-electron chi connectivity index (χ2n) is 7.99. The van der Waals surface area contributed by atoms with Gasteiger partial charge in [0.15, 0.2) is 0 Å². The molecule has 28 heavy (non-hydrogen) atoms. The molecule has 2 aromatic rings. The van der Waals surface area contributed by atoms with Crippen molar-refractivity contribution in [3.8, 4) is 11.3 Å². The van der Waals surface area contributed by atoms with Crippen LogP contribution >= 0.6 is 11.6 Å². The molecule has 0 amide bonds. The summed E-state index contributed by atoms with van der Waals surface area (Å²) < 4.78 is 5.84. The van der Waals surface area contributed by atoms with Gasteiger partial charge in [0.25, 0.3) is 0 Å². The lowest BCUT2D eigenvalue weighted by atomic mass is 9.86. The van der Waals surface area contributed by atoms with Crippen molar-refractivity contribution in [3.63, 3.8) is 0 Å². The summed E-state index contributed by atoms with van der Waals surface area (Å²) in [5.41, 5.74) is 7.48. The minimum Gasteiger partial charge on any atom is -0.382 e. The fourth-order valence-corrected chi connectivity index (χ4v) is 4.57. The Bertz CT molecular complexity index is 887. The second kappa shape index (κ2) is 7.04. The number of nitrogens with two attached hydrogens (primary N) is 1. The van der Waals surface area contributed by atoms with Gasteiger partial charge in [-0.15, -0.1) is 0 Å². The number of nitrogen functional groups attached to an aromatic ring is 1. The highest BCUT2D eigenvalue weighted by molar-refractivity contribution is 6.33. The summed E-state index contributed by atoms with van der Waals surface area (Å²) in [6.07, 6.45) is 5.48. The third kappa shape index (κ3) is 3.16. The molecule has 6 rings (SSSR count). The fourth-order valence-electron chi connectivity index (χ4n) is 4.40. The number of hydrogen-bond acceptors (Lipinski definition) is 7. The highest BCUT2D eigenvalue weighted by atomic mass is 35.5. The zero-order chi connectivity index (χ0) is 19.3. The summed E-state index contributed by atoms with van der Waals surface area (Å²) in [4.78, 5) is 18.7. The lowest BCUT2D eigenvalue weighted by Gasteiger charge is -2.34. The largest absolute Gasteiger partial charge is 0.382 e. The summed E-state index contributed by atoms with van der Waals surface area (Å²) in [6.45, 7) is 5.61. The van der Waals surface area contributed by atoms with Crippen LogP contribution in [0.15, 0.2) is 18.3 Å². The third-order valence-electron chi connectivity index (χ3n) is 6.15. The fraction of sp³-hybridized carbons (Fsp3) is 0.550. The number of rotatable bonds is 4. The number of morpholine rings is 1. The molecule has 1 saturated carbocycles. The molecule has 5 heterocycles. The van der Waals surface area contributed by atoms with E-state index in [0.717, 1.165) is 61.6 Å². The lowest BCUT2D eigenvalue weighted by Crippen LogP contribution is -2.43. The Morgan fingerprint density at radius 1 is 1.25 bits per heavy atom. The topological polar surface area (TPSA) is 80.4 Å². The van der Waals surface area contributed by atoms with Gasteiger partial charge in [-0.1, -0.05) is 18.5 Å². The first kappa shape index (κ1) is 17.9. The summed E-state index contributed by atoms with van der Waals surface area (Å²) in [7, 11) is 0. The van der Waals surface area contributed by atoms with Gasteiger partial charge in [0.2, 0.25) is 5.95 Å². The van der Waals surface area contributed by atoms with Crippen molar-refractivity contribution >= 4 is 29.2 Å². The van der Waals surface area contributed by atoms with Crippen molar-refractivity contribution in [1.29, 1.82) is 0 Å². The Kier molecular flexibility index (Phi) is 4.51. The molecule has 1 atom stereocenters. The van der Waals surface area contributed by atoms with Gasteiger partial charge in [0, 0.05) is 43.5 Å². The van der Waals surface area contributed by atoms with E-state index in [4.69, 9.17) is 32.0 Å². The molecule has 2 bridgehead atoms. The van der Waals surface area contributed by atoms with Crippen LogP contribution in [0.4, 0.5) is 17.6 Å². The van der Waals surface area contributed by atoms with Crippen LogP contribution in [-0.2, 0) is 4.74 Å². The van der Waals surface area contributed by atoms with Crippen LogP contribution < -0.4 is 15.5 Å². The molecule has 7 nitrogen and oxygen atoms in total. The molecule has 4 fully saturated rings. The standard InChI is InChI=1S/C20H25ClN6O/c1-2-15-11-26(3-4-28-15)18-8-17(13-7-16(21)19(22)23-9-13)24-20(25-18)27-10-12-5-14(27)6-12/h7-9,12,14-15H,2-6,10-11H2,1H3,(H2,22,23)/t12?,14?,15-/m0/s1. The smallest absolute Gasteiger partial charge is 0.228 e. The minimum atomic E-state index is 0.239. The zero-order valence-corrected chi connectivity index (χ0v) is 16.8. The average molecular weight is 401 g/mol. The molecule has 3 aliphatic heterocycles. The van der Waals surface area contributed by atoms with E-state index in [1.807, 2.05) is 12.1 Å². The van der Waals surface area contributed by atoms with Gasteiger partial charge in [-0.2, -0.15) is 4.98 Å². The maximum Gasteiger partial charge on any atom is 0.228 e. The molecule has 0 unspecified atom stereocenters. The highest BCUT2D eigenvalue weighted by Crippen LogP contribution is 2.43. The van der Waals surface area contributed by atoms with E-state index in [9.17, 15) is 0 Å². The lowest BCUT2D eigenvalue weighted by molar-refractivity contribution is 0.0381. The van der Waals surface area contributed by atoms with Crippen LogP contribution in [-0.4, -0.2) is 53.3 Å². The van der Waals surface area contributed by atoms with E-state index in [1.54, 1.807) is 6.20 Å². The normalized spacial score (nSPS) is 26.4. The molecule has 1 aliphatic carbocycles. The number of pyridine rings is 1. The second-order valence-corrected chi connectivity index (χ2v) is 8.40. The first-order valence-electron chi connectivity index (χ1n) is 10.0. The van der Waals surface area contributed by atoms with Crippen molar-refractivity contribution in [3.05, 3.63) is 23.4 Å². The van der Waals surface area contributed by atoms with Gasteiger partial charge >= 0.3 is 0 Å². The summed E-state index contributed by atoms with van der Waals surface area (Å²) in [6, 6.07) is 4.44. The monoisotopic (exact) mass is 400 g/mol. The van der Waals surface area contributed by atoms with Gasteiger partial charge in [-0.25, -0.2) is 9.97 Å². The molecule has 0 aromatic carbocycles. The molecule has 148 valence electrons. The highest BCUT2D eigenvalue weighted by Gasteiger charge is 2.44. The third-order valence-corrected chi connectivity index (χ3v) is 6.45. The predicted molar refractivity (Wildman–Crippen MR) is 111 cm³/mol. The number of fused-ring (bicyclic) bond motifs is 1. The Hall–Kier alpha value is -2.12. The Morgan fingerprint density at radius 2 is 2.11 bits per heavy atom. The number of halogens is 1. The van der Waals surface area contributed by atoms with Crippen LogP contribution in [0.5, 0.6) is 0 Å². The number of aromatic nitrogens is 3. The van der Waals surface area contributed by atoms with Crippen LogP contribution in [0.25, 0.3) is 11.3 Å². The number of nitrogens with zero attached hydrogens (tertiary/aromatic N) is 5. The van der Waals surface area contributed by atoms with Crippen LogP contribution in [0, 0.1) is 5.92 Å². The van der Waals surface area contributed by atoms with Crippen LogP contribution in [0.3, 0.4) is 0 Å². The van der Waals surface area contributed by atoms with Gasteiger partial charge in [-0.3, -0.25) is 0 Å². The number of ether oxygens (including phenoxy) is 1. The first-order valence-corrected chi connectivity index (χ1v) is 10.4. The molecule has 0 spiro atoms. The van der Waals surface area contributed by atoms with E-state index >= 15 is 0 Å². The molecule has 4 aliphatic rings. The van der Waals surface area contributed by atoms with Gasteiger partial charge < -0.3 is 20.3 Å². The van der Waals surface area contributed by atoms with E-state index in [-0.39, 0.29) is 6.10 Å². The Balaban J connectivity index is 1.55. The van der Waals surface area contributed by atoms with Gasteiger partial charge in [0.05, 0.1) is 23.4 Å². The molecule has 2 N–H and O–H groups in total. The van der Waals surface area contributed by atoms with Crippen molar-refractivity contribution in [2.24, 2.45) is 5.92 Å². The zero-order valence-electron chi connectivity index (χ0n) is 16.0. The van der Waals surface area contributed by atoms with Crippen molar-refractivity contribution < 1.29 is 4.74 Å². The van der Waals surface area contributed by atoms with Crippen molar-refractivity contribution in [2.45, 2.75) is 38.3 Å². The summed E-state index contributed by atoms with van der Waals surface area (Å²) in [5.74, 6) is 2.88. The predicted octanol–water partition coefficient (Wildman–Crippen LogP) is 2.99. The molecular formula is C20H25ClN6O. The van der Waals surface area contributed by atoms with Crippen LogP contribution in [0.2, 0.25) is 5.02 Å². The first-order chi connectivity index (χ1) is 13.6. The van der Waals surface area contributed by atoms with Crippen molar-refractivity contribution in [2.75, 3.05) is 41.8 Å². The van der Waals surface area contributed by atoms with E-state index in [0.29, 0.717) is 16.9 Å².